The van der Waals surface area contributed by atoms with Crippen molar-refractivity contribution < 1.29 is 9.13 Å². The van der Waals surface area contributed by atoms with Gasteiger partial charge in [-0.1, -0.05) is 23.2 Å². The Morgan fingerprint density at radius 1 is 1.06 bits per heavy atom. The summed E-state index contributed by atoms with van der Waals surface area (Å²) in [4.78, 5) is 16.0. The van der Waals surface area contributed by atoms with Crippen LogP contribution in [0.4, 0.5) is 16.0 Å². The number of halogens is 3. The molecule has 1 aliphatic heterocycles. The highest BCUT2D eigenvalue weighted by molar-refractivity contribution is 6.36. The van der Waals surface area contributed by atoms with Crippen molar-refractivity contribution in [1.82, 2.24) is 19.8 Å². The molecule has 1 atom stereocenters. The molecule has 36 heavy (non-hydrogen) atoms. The first-order chi connectivity index (χ1) is 17.2. The zero-order valence-electron chi connectivity index (χ0n) is 20.7. The molecule has 0 radical (unpaired) electrons. The van der Waals surface area contributed by atoms with Gasteiger partial charge >= 0.3 is 0 Å². The zero-order chi connectivity index (χ0) is 25.8. The summed E-state index contributed by atoms with van der Waals surface area (Å²) in [5, 5.41) is 0.242. The van der Waals surface area contributed by atoms with Gasteiger partial charge in [0.2, 0.25) is 0 Å². The number of nitrogens with zero attached hydrogens (tertiary/aromatic N) is 5. The minimum absolute atomic E-state index is 0.0731. The average molecular weight is 533 g/mol. The van der Waals surface area contributed by atoms with E-state index in [1.807, 2.05) is 18.3 Å². The van der Waals surface area contributed by atoms with Crippen LogP contribution in [0.5, 0.6) is 5.75 Å². The van der Waals surface area contributed by atoms with Gasteiger partial charge in [0.15, 0.2) is 11.6 Å². The van der Waals surface area contributed by atoms with Crippen LogP contribution >= 0.6 is 23.2 Å². The third kappa shape index (κ3) is 6.18. The van der Waals surface area contributed by atoms with Crippen molar-refractivity contribution in [3.05, 3.63) is 64.2 Å². The maximum Gasteiger partial charge on any atom is 0.166 e. The first kappa shape index (κ1) is 26.4. The molecule has 0 spiro atoms. The van der Waals surface area contributed by atoms with Crippen LogP contribution < -0.4 is 15.4 Å². The lowest BCUT2D eigenvalue weighted by molar-refractivity contribution is 0.227. The van der Waals surface area contributed by atoms with Gasteiger partial charge in [-0.15, -0.1) is 0 Å². The summed E-state index contributed by atoms with van der Waals surface area (Å²) in [6.45, 7) is 7.83. The molecule has 3 heterocycles. The van der Waals surface area contributed by atoms with Gasteiger partial charge < -0.3 is 20.3 Å². The smallest absolute Gasteiger partial charge is 0.166 e. The number of piperazine rings is 1. The molecule has 0 saturated carbocycles. The maximum atomic E-state index is 14.0. The molecule has 0 amide bonds. The van der Waals surface area contributed by atoms with Crippen LogP contribution in [0.1, 0.15) is 18.6 Å². The molecule has 1 unspecified atom stereocenters. The Hall–Kier alpha value is -2.65. The first-order valence-electron chi connectivity index (χ1n) is 11.9. The van der Waals surface area contributed by atoms with E-state index in [4.69, 9.17) is 38.7 Å². The van der Waals surface area contributed by atoms with E-state index in [9.17, 15) is 4.39 Å². The molecule has 0 bridgehead atoms. The van der Waals surface area contributed by atoms with Crippen molar-refractivity contribution in [2.45, 2.75) is 13.0 Å². The Labute approximate surface area is 221 Å². The predicted molar refractivity (Wildman–Crippen MR) is 145 cm³/mol. The molecule has 192 valence electrons. The second-order valence-electron chi connectivity index (χ2n) is 9.16. The topological polar surface area (TPSA) is 70.8 Å². The van der Waals surface area contributed by atoms with Crippen molar-refractivity contribution in [3.8, 4) is 16.9 Å². The fourth-order valence-corrected chi connectivity index (χ4v) is 4.84. The fourth-order valence-electron chi connectivity index (χ4n) is 4.16. The summed E-state index contributed by atoms with van der Waals surface area (Å²) in [6, 6.07) is 8.50. The number of nitrogen functional groups attached to an aromatic ring is 1. The number of benzene rings is 1. The molecule has 2 N–H and O–H groups in total. The van der Waals surface area contributed by atoms with Crippen LogP contribution in [0, 0.1) is 5.82 Å². The lowest BCUT2D eigenvalue weighted by Gasteiger charge is -2.35. The molecule has 1 saturated heterocycles. The number of ether oxygens (including phenoxy) is 1. The van der Waals surface area contributed by atoms with E-state index >= 15 is 0 Å². The summed E-state index contributed by atoms with van der Waals surface area (Å²) in [5.74, 6) is 0.961. The summed E-state index contributed by atoms with van der Waals surface area (Å²) >= 11 is 12.4. The summed E-state index contributed by atoms with van der Waals surface area (Å²) < 4.78 is 20.0. The van der Waals surface area contributed by atoms with Crippen LogP contribution in [0.15, 0.2) is 42.7 Å². The number of hydrogen-bond donors (Lipinski definition) is 1. The molecule has 2 aromatic heterocycles. The van der Waals surface area contributed by atoms with Gasteiger partial charge in [-0.05, 0) is 51.4 Å². The Morgan fingerprint density at radius 2 is 1.78 bits per heavy atom. The van der Waals surface area contributed by atoms with E-state index in [1.165, 1.54) is 12.1 Å². The summed E-state index contributed by atoms with van der Waals surface area (Å²) in [5.41, 5.74) is 8.11. The molecule has 1 aromatic carbocycles. The summed E-state index contributed by atoms with van der Waals surface area (Å²) in [6.07, 6.45) is 2.86. The number of nitrogens with two attached hydrogens (primary N) is 1. The van der Waals surface area contributed by atoms with E-state index in [0.29, 0.717) is 16.3 Å². The van der Waals surface area contributed by atoms with E-state index in [0.717, 1.165) is 56.2 Å². The quantitative estimate of drug-likeness (QED) is 0.409. The van der Waals surface area contributed by atoms with Gasteiger partial charge in [-0.25, -0.2) is 14.4 Å². The van der Waals surface area contributed by atoms with Crippen molar-refractivity contribution in [3.63, 3.8) is 0 Å². The van der Waals surface area contributed by atoms with Gasteiger partial charge in [0, 0.05) is 73.4 Å². The second-order valence-corrected chi connectivity index (χ2v) is 9.95. The van der Waals surface area contributed by atoms with E-state index in [1.54, 1.807) is 19.2 Å². The standard InChI is InChI=1S/C26H31Cl2FN6O/c1-17(24-20(27)5-6-21(29)25(24)28)36-22-14-19(16-32-26(22)30)18-4-7-23(31-15-18)35-12-10-34(11-13-35)9-8-33(2)3/h4-7,14-17H,8-13H2,1-3H3,(H2,30,32). The fraction of sp³-hybridized carbons (Fsp3) is 0.385. The number of anilines is 2. The molecule has 7 nitrogen and oxygen atoms in total. The number of aromatic nitrogens is 2. The average Bonchev–Trinajstić information content (AvgIpc) is 2.87. The largest absolute Gasteiger partial charge is 0.482 e. The number of likely N-dealkylation sites (N-methyl/N-ethyl adjacent to an activating group) is 1. The SMILES string of the molecule is CC(Oc1cc(-c2ccc(N3CCN(CCN(C)C)CC3)nc2)cnc1N)c1c(Cl)ccc(F)c1Cl. The Morgan fingerprint density at radius 3 is 2.44 bits per heavy atom. The van der Waals surface area contributed by atoms with Crippen molar-refractivity contribution in [2.75, 3.05) is 64.0 Å². The van der Waals surface area contributed by atoms with Gasteiger partial charge in [0.1, 0.15) is 17.7 Å². The van der Waals surface area contributed by atoms with Gasteiger partial charge in [0.05, 0.1) is 5.02 Å². The van der Waals surface area contributed by atoms with Crippen LogP contribution in [0.3, 0.4) is 0 Å². The Kier molecular flexibility index (Phi) is 8.51. The third-order valence-electron chi connectivity index (χ3n) is 6.31. The molecule has 0 aliphatic carbocycles. The van der Waals surface area contributed by atoms with E-state index in [2.05, 4.69) is 33.8 Å². The predicted octanol–water partition coefficient (Wildman–Crippen LogP) is 5.00. The number of rotatable bonds is 8. The molecule has 1 aliphatic rings. The van der Waals surface area contributed by atoms with Crippen LogP contribution in [-0.4, -0.2) is 73.1 Å². The minimum atomic E-state index is -0.642. The Balaban J connectivity index is 1.45. The molecule has 10 heteroatoms. The molecule has 4 rings (SSSR count). The van der Waals surface area contributed by atoms with Gasteiger partial charge in [0.25, 0.3) is 0 Å². The zero-order valence-corrected chi connectivity index (χ0v) is 22.2. The molecule has 3 aromatic rings. The van der Waals surface area contributed by atoms with Crippen molar-refractivity contribution >= 4 is 34.8 Å². The number of hydrogen-bond acceptors (Lipinski definition) is 7. The Bertz CT molecular complexity index is 1190. The monoisotopic (exact) mass is 532 g/mol. The van der Waals surface area contributed by atoms with Crippen molar-refractivity contribution in [2.24, 2.45) is 0 Å². The maximum absolute atomic E-state index is 14.0. The van der Waals surface area contributed by atoms with Crippen LogP contribution in [-0.2, 0) is 0 Å². The van der Waals surface area contributed by atoms with Crippen molar-refractivity contribution in [1.29, 1.82) is 0 Å². The third-order valence-corrected chi connectivity index (χ3v) is 7.03. The normalized spacial score (nSPS) is 15.4. The lowest BCUT2D eigenvalue weighted by Crippen LogP contribution is -2.48. The number of pyridine rings is 2. The minimum Gasteiger partial charge on any atom is -0.482 e. The van der Waals surface area contributed by atoms with E-state index in [-0.39, 0.29) is 10.8 Å². The highest BCUT2D eigenvalue weighted by Gasteiger charge is 2.21. The first-order valence-corrected chi connectivity index (χ1v) is 12.6. The molecule has 1 fully saturated rings. The van der Waals surface area contributed by atoms with E-state index < -0.39 is 11.9 Å². The lowest BCUT2D eigenvalue weighted by atomic mass is 10.1. The second kappa shape index (κ2) is 11.6. The highest BCUT2D eigenvalue weighted by atomic mass is 35.5. The highest BCUT2D eigenvalue weighted by Crippen LogP contribution is 2.37. The van der Waals surface area contributed by atoms with Crippen LogP contribution in [0.2, 0.25) is 10.0 Å². The molecular weight excluding hydrogens is 502 g/mol. The summed E-state index contributed by atoms with van der Waals surface area (Å²) in [7, 11) is 4.20. The van der Waals surface area contributed by atoms with Gasteiger partial charge in [-0.2, -0.15) is 0 Å². The van der Waals surface area contributed by atoms with Crippen LogP contribution in [0.25, 0.3) is 11.1 Å². The van der Waals surface area contributed by atoms with Gasteiger partial charge in [-0.3, -0.25) is 4.90 Å². The molecular formula is C26H31Cl2FN6O.